The van der Waals surface area contributed by atoms with Gasteiger partial charge in [-0.1, -0.05) is 29.8 Å². The Bertz CT molecular complexity index is 569. The van der Waals surface area contributed by atoms with Crippen LogP contribution in [-0.4, -0.2) is 18.1 Å². The van der Waals surface area contributed by atoms with Gasteiger partial charge in [0, 0.05) is 18.2 Å². The van der Waals surface area contributed by atoms with Crippen LogP contribution < -0.4 is 10.6 Å². The molecule has 3 nitrogen and oxygen atoms in total. The number of hydrogen-bond acceptors (Lipinski definition) is 4. The summed E-state index contributed by atoms with van der Waals surface area (Å²) in [5, 5.41) is 1.06. The Morgan fingerprint density at radius 1 is 1.42 bits per heavy atom. The zero-order valence-electron chi connectivity index (χ0n) is 10.6. The van der Waals surface area contributed by atoms with E-state index in [1.165, 1.54) is 11.3 Å². The van der Waals surface area contributed by atoms with Crippen molar-refractivity contribution in [2.75, 3.05) is 18.0 Å². The maximum Gasteiger partial charge on any atom is 0.113 e. The molecule has 0 spiro atoms. The van der Waals surface area contributed by atoms with Gasteiger partial charge in [-0.2, -0.15) is 0 Å². The summed E-state index contributed by atoms with van der Waals surface area (Å²) in [6, 6.07) is 8.59. The van der Waals surface area contributed by atoms with E-state index in [2.05, 4.69) is 34.1 Å². The lowest BCUT2D eigenvalue weighted by molar-refractivity contribution is 0.643. The van der Waals surface area contributed by atoms with Crippen molar-refractivity contribution in [1.82, 2.24) is 4.98 Å². The van der Waals surface area contributed by atoms with Crippen molar-refractivity contribution < 1.29 is 0 Å². The van der Waals surface area contributed by atoms with Crippen molar-refractivity contribution in [2.45, 2.75) is 18.9 Å². The van der Waals surface area contributed by atoms with E-state index in [4.69, 9.17) is 17.3 Å². The predicted molar refractivity (Wildman–Crippen MR) is 81.0 cm³/mol. The average molecular weight is 294 g/mol. The van der Waals surface area contributed by atoms with E-state index in [1.54, 1.807) is 17.5 Å². The third-order valence-electron chi connectivity index (χ3n) is 3.52. The van der Waals surface area contributed by atoms with Crippen LogP contribution in [-0.2, 0) is 6.54 Å². The zero-order chi connectivity index (χ0) is 13.2. The van der Waals surface area contributed by atoms with Gasteiger partial charge >= 0.3 is 0 Å². The average Bonchev–Trinajstić information content (AvgIpc) is 2.97. The van der Waals surface area contributed by atoms with Gasteiger partial charge in [-0.15, -0.1) is 11.3 Å². The van der Waals surface area contributed by atoms with Gasteiger partial charge in [0.1, 0.15) is 9.34 Å². The molecule has 0 saturated carbocycles. The summed E-state index contributed by atoms with van der Waals surface area (Å²) in [5.41, 5.74) is 8.45. The van der Waals surface area contributed by atoms with Gasteiger partial charge in [0.05, 0.1) is 12.7 Å². The van der Waals surface area contributed by atoms with Crippen LogP contribution in [0.2, 0.25) is 4.34 Å². The van der Waals surface area contributed by atoms with Crippen LogP contribution in [0.25, 0.3) is 0 Å². The highest BCUT2D eigenvalue weighted by Gasteiger charge is 2.27. The molecule has 0 radical (unpaired) electrons. The lowest BCUT2D eigenvalue weighted by Crippen LogP contribution is -2.22. The second-order valence-electron chi connectivity index (χ2n) is 4.77. The molecule has 1 unspecified atom stereocenters. The fourth-order valence-corrected chi connectivity index (χ4v) is 3.68. The Labute approximate surface area is 122 Å². The number of nitrogens with zero attached hydrogens (tertiary/aromatic N) is 2. The lowest BCUT2D eigenvalue weighted by Gasteiger charge is -2.18. The van der Waals surface area contributed by atoms with Gasteiger partial charge in [0.15, 0.2) is 0 Å². The smallest absolute Gasteiger partial charge is 0.113 e. The van der Waals surface area contributed by atoms with Gasteiger partial charge in [0.25, 0.3) is 0 Å². The lowest BCUT2D eigenvalue weighted by atomic mass is 9.98. The number of anilines is 1. The normalized spacial score (nSPS) is 17.8. The van der Waals surface area contributed by atoms with Crippen LogP contribution in [0.15, 0.2) is 30.5 Å². The molecule has 0 bridgehead atoms. The van der Waals surface area contributed by atoms with Crippen molar-refractivity contribution >= 4 is 28.6 Å². The van der Waals surface area contributed by atoms with E-state index in [0.717, 1.165) is 35.4 Å². The molecule has 19 heavy (non-hydrogen) atoms. The summed E-state index contributed by atoms with van der Waals surface area (Å²) in [6.07, 6.45) is 2.76. The Morgan fingerprint density at radius 3 is 3.00 bits per heavy atom. The first-order chi connectivity index (χ1) is 9.28. The molecule has 0 amide bonds. The quantitative estimate of drug-likeness (QED) is 0.941. The largest absolute Gasteiger partial charge is 0.364 e. The molecule has 1 atom stereocenters. The Hall–Kier alpha value is -1.10. The number of rotatable bonds is 4. The van der Waals surface area contributed by atoms with Crippen LogP contribution in [0.3, 0.4) is 0 Å². The summed E-state index contributed by atoms with van der Waals surface area (Å²) in [7, 11) is 0. The first kappa shape index (κ1) is 12.9. The number of benzene rings is 1. The third kappa shape index (κ3) is 2.61. The van der Waals surface area contributed by atoms with Crippen molar-refractivity contribution in [3.8, 4) is 0 Å². The van der Waals surface area contributed by atoms with Crippen LogP contribution in [0.5, 0.6) is 0 Å². The second-order valence-corrected chi connectivity index (χ2v) is 6.52. The topological polar surface area (TPSA) is 42.1 Å². The highest BCUT2D eigenvalue weighted by Crippen LogP contribution is 2.38. The molecule has 1 aromatic heterocycles. The molecule has 3 rings (SSSR count). The summed E-state index contributed by atoms with van der Waals surface area (Å²) >= 11 is 7.50. The maximum atomic E-state index is 5.95. The van der Waals surface area contributed by atoms with E-state index in [0.29, 0.717) is 5.92 Å². The summed E-state index contributed by atoms with van der Waals surface area (Å²) in [6.45, 7) is 2.58. The number of fused-ring (bicyclic) bond motifs is 1. The van der Waals surface area contributed by atoms with Gasteiger partial charge < -0.3 is 10.6 Å². The van der Waals surface area contributed by atoms with Gasteiger partial charge in [-0.25, -0.2) is 4.98 Å². The third-order valence-corrected chi connectivity index (χ3v) is 4.62. The molecule has 0 fully saturated rings. The summed E-state index contributed by atoms with van der Waals surface area (Å²) in [4.78, 5) is 6.72. The number of para-hydroxylation sites is 1. The van der Waals surface area contributed by atoms with Crippen molar-refractivity contribution in [2.24, 2.45) is 5.73 Å². The van der Waals surface area contributed by atoms with Crippen LogP contribution >= 0.6 is 22.9 Å². The SMILES string of the molecule is NCCC1CN(Cc2ncc(Cl)s2)c2ccccc21. The Balaban J connectivity index is 1.84. The zero-order valence-corrected chi connectivity index (χ0v) is 12.1. The standard InChI is InChI=1S/C14H16ClN3S/c15-13-7-17-14(19-13)9-18-8-10(5-6-16)11-3-1-2-4-12(11)18/h1-4,7,10H,5-6,8-9,16H2. The Kier molecular flexibility index (Phi) is 3.73. The van der Waals surface area contributed by atoms with Crippen molar-refractivity contribution in [1.29, 1.82) is 0 Å². The molecule has 2 heterocycles. The second kappa shape index (κ2) is 5.49. The maximum absolute atomic E-state index is 5.95. The van der Waals surface area contributed by atoms with Gasteiger partial charge in [0.2, 0.25) is 0 Å². The first-order valence-corrected chi connectivity index (χ1v) is 7.61. The fraction of sp³-hybridized carbons (Fsp3) is 0.357. The molecule has 0 aliphatic carbocycles. The van der Waals surface area contributed by atoms with E-state index in [-0.39, 0.29) is 0 Å². The number of thiazole rings is 1. The van der Waals surface area contributed by atoms with Crippen LogP contribution in [0.1, 0.15) is 22.9 Å². The summed E-state index contributed by atoms with van der Waals surface area (Å²) < 4.78 is 0.751. The van der Waals surface area contributed by atoms with Crippen LogP contribution in [0, 0.1) is 0 Å². The first-order valence-electron chi connectivity index (χ1n) is 6.42. The number of hydrogen-bond donors (Lipinski definition) is 1. The molecule has 0 saturated heterocycles. The molecule has 1 aliphatic heterocycles. The molecule has 100 valence electrons. The minimum atomic E-state index is 0.539. The Morgan fingerprint density at radius 2 is 2.26 bits per heavy atom. The molecular weight excluding hydrogens is 278 g/mol. The van der Waals surface area contributed by atoms with Crippen LogP contribution in [0.4, 0.5) is 5.69 Å². The van der Waals surface area contributed by atoms with E-state index in [1.807, 2.05) is 0 Å². The highest BCUT2D eigenvalue weighted by atomic mass is 35.5. The van der Waals surface area contributed by atoms with Crippen molar-refractivity contribution in [3.63, 3.8) is 0 Å². The monoisotopic (exact) mass is 293 g/mol. The number of halogens is 1. The number of aromatic nitrogens is 1. The van der Waals surface area contributed by atoms with Gasteiger partial charge in [-0.3, -0.25) is 0 Å². The van der Waals surface area contributed by atoms with E-state index in [9.17, 15) is 0 Å². The molecule has 2 aromatic rings. The molecular formula is C14H16ClN3S. The highest BCUT2D eigenvalue weighted by molar-refractivity contribution is 7.15. The molecule has 1 aromatic carbocycles. The minimum Gasteiger partial charge on any atom is -0.364 e. The molecule has 5 heteroatoms. The minimum absolute atomic E-state index is 0.539. The van der Waals surface area contributed by atoms with E-state index >= 15 is 0 Å². The van der Waals surface area contributed by atoms with Crippen molar-refractivity contribution in [3.05, 3.63) is 45.4 Å². The fourth-order valence-electron chi connectivity index (χ4n) is 2.71. The molecule has 1 aliphatic rings. The summed E-state index contributed by atoms with van der Waals surface area (Å²) in [5.74, 6) is 0.539. The van der Waals surface area contributed by atoms with E-state index < -0.39 is 0 Å². The number of nitrogens with two attached hydrogens (primary N) is 1. The predicted octanol–water partition coefficient (Wildman–Crippen LogP) is 3.25. The molecule has 2 N–H and O–H groups in total. The van der Waals surface area contributed by atoms with Gasteiger partial charge in [-0.05, 0) is 24.6 Å².